The van der Waals surface area contributed by atoms with Crippen molar-refractivity contribution in [1.29, 1.82) is 0 Å². The van der Waals surface area contributed by atoms with Crippen LogP contribution in [0.3, 0.4) is 0 Å². The summed E-state index contributed by atoms with van der Waals surface area (Å²) in [6.45, 7) is 0. The second kappa shape index (κ2) is 27.2. The molecule has 16 aromatic carbocycles. The third-order valence-corrected chi connectivity index (χ3v) is 22.4. The van der Waals surface area contributed by atoms with Gasteiger partial charge in [-0.3, -0.25) is 9.13 Å². The van der Waals surface area contributed by atoms with Crippen molar-refractivity contribution in [2.45, 2.75) is 0 Å². The molecule has 114 heavy (non-hydrogen) atoms. The Bertz CT molecular complexity index is 7170. The van der Waals surface area contributed by atoms with Crippen LogP contribution in [0.1, 0.15) is 0 Å². The lowest BCUT2D eigenvalue weighted by molar-refractivity contribution is 1.05. The van der Waals surface area contributed by atoms with Crippen LogP contribution in [0.2, 0.25) is 0 Å². The molecule has 0 atom stereocenters. The van der Waals surface area contributed by atoms with Gasteiger partial charge in [-0.2, -0.15) is 0 Å². The average molecular weight is 1460 g/mol. The normalized spacial score (nSPS) is 11.7. The molecule has 10 nitrogen and oxygen atoms in total. The fraction of sp³-hybridized carbons (Fsp3) is 0. The molecule has 7 aromatic heterocycles. The minimum atomic E-state index is 0.680. The van der Waals surface area contributed by atoms with Gasteiger partial charge >= 0.3 is 0 Å². The SMILES string of the molecule is c1ccc(-c2cc(-n3c4ccc(-n5c6ccccc6c6ccccc65)cc4c4cc(-n5c6ccccc6c6ccccc65)ccc43)nc(-c3ccccc3)n2)cc1.c1ccc(-c2cc(-n3c4ccc(N(c5ccccc5)c5ccccc5)cc4c4cc(-n5c6ccccc6c6ccccc65)ccc43)nc(-c3ccccc3)n2)cc1. The summed E-state index contributed by atoms with van der Waals surface area (Å²) >= 11 is 0. The molecular formula is C104H68N10. The van der Waals surface area contributed by atoms with E-state index < -0.39 is 0 Å². The molecule has 7 heterocycles. The lowest BCUT2D eigenvalue weighted by atomic mass is 10.1. The molecule has 0 saturated carbocycles. The number of para-hydroxylation sites is 8. The van der Waals surface area contributed by atoms with E-state index in [-0.39, 0.29) is 0 Å². The highest BCUT2D eigenvalue weighted by atomic mass is 15.2. The molecule has 534 valence electrons. The molecule has 0 amide bonds. The Morgan fingerprint density at radius 2 is 0.412 bits per heavy atom. The fourth-order valence-electron chi connectivity index (χ4n) is 17.3. The Labute approximate surface area is 656 Å². The van der Waals surface area contributed by atoms with Crippen molar-refractivity contribution in [3.05, 3.63) is 413 Å². The first-order chi connectivity index (χ1) is 56.6. The predicted octanol–water partition coefficient (Wildman–Crippen LogP) is 26.6. The molecular weight excluding hydrogens is 1390 g/mol. The van der Waals surface area contributed by atoms with Gasteiger partial charge in [0.15, 0.2) is 11.6 Å². The lowest BCUT2D eigenvalue weighted by Crippen LogP contribution is -2.09. The highest BCUT2D eigenvalue weighted by Gasteiger charge is 2.25. The first-order valence-electron chi connectivity index (χ1n) is 38.6. The molecule has 0 fully saturated rings. The Morgan fingerprint density at radius 1 is 0.167 bits per heavy atom. The van der Waals surface area contributed by atoms with Gasteiger partial charge in [-0.1, -0.05) is 267 Å². The Kier molecular flexibility index (Phi) is 15.7. The van der Waals surface area contributed by atoms with Crippen molar-refractivity contribution in [3.8, 4) is 74.0 Å². The molecule has 0 aliphatic carbocycles. The molecule has 0 spiro atoms. The maximum Gasteiger partial charge on any atom is 0.162 e. The van der Waals surface area contributed by atoms with Gasteiger partial charge in [0.1, 0.15) is 11.6 Å². The summed E-state index contributed by atoms with van der Waals surface area (Å²) in [6.07, 6.45) is 0. The molecule has 0 unspecified atom stereocenters. The van der Waals surface area contributed by atoms with Crippen LogP contribution in [-0.2, 0) is 0 Å². The minimum Gasteiger partial charge on any atom is -0.310 e. The lowest BCUT2D eigenvalue weighted by Gasteiger charge is -2.25. The molecule has 0 N–H and O–H groups in total. The van der Waals surface area contributed by atoms with Crippen LogP contribution in [0.15, 0.2) is 413 Å². The predicted molar refractivity (Wildman–Crippen MR) is 472 cm³/mol. The topological polar surface area (TPSA) is 79.5 Å². The van der Waals surface area contributed by atoms with Crippen molar-refractivity contribution in [2.24, 2.45) is 0 Å². The summed E-state index contributed by atoms with van der Waals surface area (Å²) < 4.78 is 11.8. The van der Waals surface area contributed by atoms with Gasteiger partial charge in [0.2, 0.25) is 0 Å². The number of hydrogen-bond donors (Lipinski definition) is 0. The molecule has 0 aliphatic heterocycles. The number of benzene rings is 16. The standard InChI is InChI=1S/C52H33N5.C52H35N5/c1-3-15-34(16-4-1)44-33-51(54-52(53-44)35-17-5-2-6-18-35)57-49-29-27-36(55-45-23-11-7-19-38(45)39-20-8-12-24-46(39)55)31-42(49)43-32-37(28-30-50(43)57)56-47-25-13-9-21-40(47)41-22-10-14-26-48(41)56;1-5-17-36(18-6-1)46-35-51(54-52(53-46)37-19-7-2-8-20-37)57-49-31-29-40(55(38-21-9-3-10-22-38)39-23-11-4-12-24-39)33-44(49)45-34-41(30-32-50(45)57)56-47-27-15-13-25-42(47)43-26-14-16-28-48(43)56/h1-33H;1-35H. The molecule has 0 aliphatic rings. The van der Waals surface area contributed by atoms with E-state index in [2.05, 4.69) is 392 Å². The number of anilines is 3. The largest absolute Gasteiger partial charge is 0.310 e. The first-order valence-corrected chi connectivity index (χ1v) is 38.6. The minimum absolute atomic E-state index is 0.680. The summed E-state index contributed by atoms with van der Waals surface area (Å²) in [7, 11) is 0. The maximum atomic E-state index is 5.32. The van der Waals surface area contributed by atoms with E-state index in [0.717, 1.165) is 123 Å². The highest BCUT2D eigenvalue weighted by molar-refractivity contribution is 6.16. The van der Waals surface area contributed by atoms with E-state index in [1.54, 1.807) is 0 Å². The molecule has 0 bridgehead atoms. The van der Waals surface area contributed by atoms with Crippen LogP contribution in [0.4, 0.5) is 17.1 Å². The van der Waals surface area contributed by atoms with Gasteiger partial charge in [0.05, 0.1) is 66.6 Å². The quantitative estimate of drug-likeness (QED) is 0.122. The number of rotatable bonds is 12. The van der Waals surface area contributed by atoms with Crippen molar-refractivity contribution >= 4 is 126 Å². The zero-order chi connectivity index (χ0) is 75.2. The number of aromatic nitrogens is 9. The monoisotopic (exact) mass is 1460 g/mol. The Morgan fingerprint density at radius 3 is 0.719 bits per heavy atom. The van der Waals surface area contributed by atoms with Gasteiger partial charge < -0.3 is 18.6 Å². The highest BCUT2D eigenvalue weighted by Crippen LogP contribution is 2.45. The van der Waals surface area contributed by atoms with Crippen LogP contribution in [0, 0.1) is 0 Å². The molecule has 10 heteroatoms. The molecule has 0 saturated heterocycles. The van der Waals surface area contributed by atoms with Crippen LogP contribution in [-0.4, -0.2) is 42.8 Å². The zero-order valence-corrected chi connectivity index (χ0v) is 61.7. The first kappa shape index (κ1) is 65.6. The van der Waals surface area contributed by atoms with E-state index in [1.165, 1.54) is 65.4 Å². The van der Waals surface area contributed by atoms with Crippen molar-refractivity contribution in [3.63, 3.8) is 0 Å². The summed E-state index contributed by atoms with van der Waals surface area (Å²) in [5.41, 5.74) is 23.7. The van der Waals surface area contributed by atoms with Gasteiger partial charge in [-0.25, -0.2) is 19.9 Å². The summed E-state index contributed by atoms with van der Waals surface area (Å²) in [6, 6.07) is 146. The van der Waals surface area contributed by atoms with E-state index in [4.69, 9.17) is 19.9 Å². The maximum absolute atomic E-state index is 5.32. The smallest absolute Gasteiger partial charge is 0.162 e. The van der Waals surface area contributed by atoms with E-state index in [1.807, 2.05) is 48.5 Å². The summed E-state index contributed by atoms with van der Waals surface area (Å²) in [5.74, 6) is 2.99. The number of hydrogen-bond acceptors (Lipinski definition) is 5. The second-order valence-electron chi connectivity index (χ2n) is 28.9. The van der Waals surface area contributed by atoms with Crippen LogP contribution in [0.5, 0.6) is 0 Å². The van der Waals surface area contributed by atoms with Crippen molar-refractivity contribution < 1.29 is 0 Å². The van der Waals surface area contributed by atoms with Gasteiger partial charge in [-0.05, 0) is 133 Å². The molecule has 23 aromatic rings. The molecule has 23 rings (SSSR count). The zero-order valence-electron chi connectivity index (χ0n) is 61.7. The Balaban J connectivity index is 0.000000139. The third kappa shape index (κ3) is 11.0. The average Bonchev–Trinajstić information content (AvgIpc) is 1.58. The van der Waals surface area contributed by atoms with E-state index in [0.29, 0.717) is 11.6 Å². The van der Waals surface area contributed by atoms with Crippen LogP contribution >= 0.6 is 0 Å². The van der Waals surface area contributed by atoms with Crippen molar-refractivity contribution in [2.75, 3.05) is 4.90 Å². The molecule has 0 radical (unpaired) electrons. The van der Waals surface area contributed by atoms with Gasteiger partial charge in [-0.15, -0.1) is 0 Å². The Hall–Kier alpha value is -15.5. The van der Waals surface area contributed by atoms with E-state index >= 15 is 0 Å². The van der Waals surface area contributed by atoms with Gasteiger partial charge in [0, 0.05) is 122 Å². The van der Waals surface area contributed by atoms with E-state index in [9.17, 15) is 0 Å². The van der Waals surface area contributed by atoms with Crippen LogP contribution < -0.4 is 4.90 Å². The second-order valence-corrected chi connectivity index (χ2v) is 28.9. The van der Waals surface area contributed by atoms with Crippen LogP contribution in [0.25, 0.3) is 183 Å². The number of nitrogens with zero attached hydrogens (tertiary/aromatic N) is 10. The summed E-state index contributed by atoms with van der Waals surface area (Å²) in [5, 5.41) is 12.0. The fourth-order valence-corrected chi connectivity index (χ4v) is 17.3. The number of fused-ring (bicyclic) bond motifs is 15. The van der Waals surface area contributed by atoms with Gasteiger partial charge in [0.25, 0.3) is 0 Å². The summed E-state index contributed by atoms with van der Waals surface area (Å²) in [4.78, 5) is 23.2. The van der Waals surface area contributed by atoms with Crippen molar-refractivity contribution in [1.82, 2.24) is 42.8 Å². The third-order valence-electron chi connectivity index (χ3n) is 22.4.